The van der Waals surface area contributed by atoms with E-state index in [0.717, 1.165) is 11.1 Å². The molecule has 3 aromatic rings. The van der Waals surface area contributed by atoms with Crippen LogP contribution in [0.1, 0.15) is 5.69 Å². The van der Waals surface area contributed by atoms with Crippen molar-refractivity contribution in [1.29, 1.82) is 5.26 Å². The second-order valence-corrected chi connectivity index (χ2v) is 4.29. The van der Waals surface area contributed by atoms with Crippen LogP contribution in [-0.2, 0) is 0 Å². The van der Waals surface area contributed by atoms with Crippen LogP contribution < -0.4 is 4.74 Å². The van der Waals surface area contributed by atoms with Gasteiger partial charge in [0.05, 0.1) is 0 Å². The number of benzene rings is 2. The Labute approximate surface area is 122 Å². The van der Waals surface area contributed by atoms with Crippen LogP contribution in [0.2, 0.25) is 0 Å². The van der Waals surface area contributed by atoms with E-state index >= 15 is 0 Å². The zero-order chi connectivity index (χ0) is 14.5. The van der Waals surface area contributed by atoms with Gasteiger partial charge in [-0.3, -0.25) is 0 Å². The number of hydrogen-bond donors (Lipinski definition) is 0. The van der Waals surface area contributed by atoms with Crippen molar-refractivity contribution in [3.05, 3.63) is 72.7 Å². The third-order valence-electron chi connectivity index (χ3n) is 2.95. The lowest BCUT2D eigenvalue weighted by Crippen LogP contribution is -1.95. The third kappa shape index (κ3) is 2.72. The van der Waals surface area contributed by atoms with Gasteiger partial charge in [0.2, 0.25) is 5.69 Å². The summed E-state index contributed by atoms with van der Waals surface area (Å²) in [6.45, 7) is 0. The highest BCUT2D eigenvalue weighted by Gasteiger charge is 2.11. The number of para-hydroxylation sites is 1. The maximum absolute atomic E-state index is 9.05. The van der Waals surface area contributed by atoms with Crippen LogP contribution in [0, 0.1) is 11.3 Å². The summed E-state index contributed by atoms with van der Waals surface area (Å²) in [6.07, 6.45) is 2.97. The monoisotopic (exact) mass is 273 g/mol. The number of nitriles is 1. The highest BCUT2D eigenvalue weighted by Crippen LogP contribution is 2.32. The maximum atomic E-state index is 9.05. The first kappa shape index (κ1) is 12.8. The molecule has 0 aliphatic carbocycles. The topological polar surface area (TPSA) is 58.8 Å². The van der Waals surface area contributed by atoms with E-state index < -0.39 is 0 Å². The van der Waals surface area contributed by atoms with Gasteiger partial charge < -0.3 is 4.74 Å². The van der Waals surface area contributed by atoms with E-state index in [1.165, 1.54) is 12.4 Å². The van der Waals surface area contributed by atoms with E-state index in [9.17, 15) is 0 Å². The number of nitrogens with zero attached hydrogens (tertiary/aromatic N) is 3. The quantitative estimate of drug-likeness (QED) is 0.728. The molecule has 0 aliphatic heterocycles. The molecule has 1 heterocycles. The lowest BCUT2D eigenvalue weighted by Gasteiger charge is -2.10. The molecule has 0 aliphatic rings. The minimum atomic E-state index is 0.167. The average molecular weight is 273 g/mol. The maximum Gasteiger partial charge on any atom is 0.256 e. The summed E-state index contributed by atoms with van der Waals surface area (Å²) in [6, 6.07) is 19.5. The van der Waals surface area contributed by atoms with Crippen LogP contribution >= 0.6 is 0 Å². The van der Waals surface area contributed by atoms with E-state index in [-0.39, 0.29) is 11.6 Å². The Morgan fingerprint density at radius 3 is 2.38 bits per heavy atom. The molecular formula is C17H11N3O. The summed E-state index contributed by atoms with van der Waals surface area (Å²) >= 11 is 0. The molecule has 0 amide bonds. The lowest BCUT2D eigenvalue weighted by atomic mass is 10.1. The smallest absolute Gasteiger partial charge is 0.256 e. The Bertz CT molecular complexity index is 794. The van der Waals surface area contributed by atoms with Gasteiger partial charge in [-0.15, -0.1) is 0 Å². The van der Waals surface area contributed by atoms with Crippen LogP contribution in [-0.4, -0.2) is 9.97 Å². The number of ether oxygens (including phenoxy) is 1. The van der Waals surface area contributed by atoms with Crippen molar-refractivity contribution >= 4 is 0 Å². The fraction of sp³-hybridized carbons (Fsp3) is 0. The average Bonchev–Trinajstić information content (AvgIpc) is 2.57. The Balaban J connectivity index is 2.03. The van der Waals surface area contributed by atoms with Crippen molar-refractivity contribution in [3.8, 4) is 28.8 Å². The Morgan fingerprint density at radius 1 is 0.857 bits per heavy atom. The highest BCUT2D eigenvalue weighted by molar-refractivity contribution is 5.70. The van der Waals surface area contributed by atoms with Gasteiger partial charge in [-0.2, -0.15) is 5.26 Å². The number of aromatic nitrogens is 2. The molecule has 4 heteroatoms. The fourth-order valence-electron chi connectivity index (χ4n) is 1.99. The molecule has 0 saturated carbocycles. The van der Waals surface area contributed by atoms with Crippen LogP contribution in [0.5, 0.6) is 11.6 Å². The SMILES string of the molecule is N#Cc1nccnc1Oc1ccccc1-c1ccccc1. The summed E-state index contributed by atoms with van der Waals surface area (Å²) in [7, 11) is 0. The van der Waals surface area contributed by atoms with Crippen molar-refractivity contribution in [2.45, 2.75) is 0 Å². The first-order valence-corrected chi connectivity index (χ1v) is 6.42. The zero-order valence-corrected chi connectivity index (χ0v) is 11.1. The molecule has 0 unspecified atom stereocenters. The molecule has 21 heavy (non-hydrogen) atoms. The van der Waals surface area contributed by atoms with Gasteiger partial charge >= 0.3 is 0 Å². The Kier molecular flexibility index (Phi) is 3.57. The van der Waals surface area contributed by atoms with Gasteiger partial charge in [-0.1, -0.05) is 48.5 Å². The van der Waals surface area contributed by atoms with Gasteiger partial charge in [-0.05, 0) is 11.6 Å². The Morgan fingerprint density at radius 2 is 1.57 bits per heavy atom. The molecular weight excluding hydrogens is 262 g/mol. The molecule has 0 spiro atoms. The minimum Gasteiger partial charge on any atom is -0.436 e. The largest absolute Gasteiger partial charge is 0.436 e. The standard InChI is InChI=1S/C17H11N3O/c18-12-15-17(20-11-10-19-15)21-16-9-5-4-8-14(16)13-6-2-1-3-7-13/h1-11H. The molecule has 2 aromatic carbocycles. The molecule has 0 bridgehead atoms. The predicted octanol–water partition coefficient (Wildman–Crippen LogP) is 3.81. The van der Waals surface area contributed by atoms with Gasteiger partial charge in [0.25, 0.3) is 5.88 Å². The van der Waals surface area contributed by atoms with Crippen molar-refractivity contribution in [3.63, 3.8) is 0 Å². The van der Waals surface area contributed by atoms with Gasteiger partial charge in [-0.25, -0.2) is 9.97 Å². The summed E-state index contributed by atoms with van der Waals surface area (Å²) in [5.41, 5.74) is 2.14. The molecule has 0 fully saturated rings. The second-order valence-electron chi connectivity index (χ2n) is 4.29. The van der Waals surface area contributed by atoms with E-state index in [4.69, 9.17) is 10.00 Å². The Hall–Kier alpha value is -3.19. The minimum absolute atomic E-state index is 0.167. The first-order chi connectivity index (χ1) is 10.4. The van der Waals surface area contributed by atoms with Crippen LogP contribution in [0.25, 0.3) is 11.1 Å². The molecule has 4 nitrogen and oxygen atoms in total. The zero-order valence-electron chi connectivity index (χ0n) is 11.1. The summed E-state index contributed by atoms with van der Waals surface area (Å²) in [5, 5.41) is 9.05. The van der Waals surface area contributed by atoms with Crippen molar-refractivity contribution in [2.24, 2.45) is 0 Å². The molecule has 0 N–H and O–H groups in total. The lowest BCUT2D eigenvalue weighted by molar-refractivity contribution is 0.460. The third-order valence-corrected chi connectivity index (χ3v) is 2.95. The van der Waals surface area contributed by atoms with Crippen molar-refractivity contribution in [1.82, 2.24) is 9.97 Å². The van der Waals surface area contributed by atoms with Gasteiger partial charge in [0.15, 0.2) is 0 Å². The first-order valence-electron chi connectivity index (χ1n) is 6.42. The van der Waals surface area contributed by atoms with E-state index in [1.54, 1.807) is 0 Å². The molecule has 1 aromatic heterocycles. The highest BCUT2D eigenvalue weighted by atomic mass is 16.5. The molecule has 0 atom stereocenters. The van der Waals surface area contributed by atoms with Crippen LogP contribution in [0.3, 0.4) is 0 Å². The molecule has 0 saturated heterocycles. The van der Waals surface area contributed by atoms with E-state index in [1.807, 2.05) is 60.7 Å². The number of rotatable bonds is 3. The summed E-state index contributed by atoms with van der Waals surface area (Å²) in [5.74, 6) is 0.851. The van der Waals surface area contributed by atoms with Crippen LogP contribution in [0.15, 0.2) is 67.0 Å². The number of hydrogen-bond acceptors (Lipinski definition) is 4. The molecule has 3 rings (SSSR count). The van der Waals surface area contributed by atoms with Gasteiger partial charge in [0, 0.05) is 18.0 Å². The predicted molar refractivity (Wildman–Crippen MR) is 78.7 cm³/mol. The van der Waals surface area contributed by atoms with Crippen LogP contribution in [0.4, 0.5) is 0 Å². The van der Waals surface area contributed by atoms with Crippen molar-refractivity contribution < 1.29 is 4.74 Å². The summed E-state index contributed by atoms with van der Waals surface area (Å²) in [4.78, 5) is 8.02. The van der Waals surface area contributed by atoms with E-state index in [0.29, 0.717) is 5.75 Å². The van der Waals surface area contributed by atoms with Gasteiger partial charge in [0.1, 0.15) is 11.8 Å². The molecule has 100 valence electrons. The van der Waals surface area contributed by atoms with E-state index in [2.05, 4.69) is 9.97 Å². The molecule has 0 radical (unpaired) electrons. The summed E-state index contributed by atoms with van der Waals surface area (Å²) < 4.78 is 5.79. The second kappa shape index (κ2) is 5.85. The normalized spacial score (nSPS) is 9.86. The van der Waals surface area contributed by atoms with Crippen molar-refractivity contribution in [2.75, 3.05) is 0 Å². The fourth-order valence-corrected chi connectivity index (χ4v) is 1.99.